The lowest BCUT2D eigenvalue weighted by Gasteiger charge is -2.22. The highest BCUT2D eigenvalue weighted by molar-refractivity contribution is 5.79. The summed E-state index contributed by atoms with van der Waals surface area (Å²) in [5.41, 5.74) is 2.71. The molecule has 2 aromatic heterocycles. The molecule has 2 unspecified atom stereocenters. The largest absolute Gasteiger partial charge is 0.296 e. The number of nitrogens with zero attached hydrogens (tertiary/aromatic N) is 3. The predicted octanol–water partition coefficient (Wildman–Crippen LogP) is 2.77. The molecule has 0 N–H and O–H groups in total. The number of hydrogen-bond donors (Lipinski definition) is 0. The van der Waals surface area contributed by atoms with Gasteiger partial charge in [0, 0.05) is 24.7 Å². The van der Waals surface area contributed by atoms with Crippen LogP contribution < -0.4 is 5.56 Å². The summed E-state index contributed by atoms with van der Waals surface area (Å²) in [6.45, 7) is 3.07. The van der Waals surface area contributed by atoms with E-state index >= 15 is 0 Å². The van der Waals surface area contributed by atoms with E-state index in [2.05, 4.69) is 23.7 Å². The van der Waals surface area contributed by atoms with Gasteiger partial charge in [0.25, 0.3) is 5.56 Å². The third kappa shape index (κ3) is 2.35. The van der Waals surface area contributed by atoms with E-state index in [1.54, 1.807) is 6.20 Å². The number of rotatable bonds is 0. The maximum atomic E-state index is 12.8. The van der Waals surface area contributed by atoms with Gasteiger partial charge in [-0.05, 0) is 54.0 Å². The topological polar surface area (TPSA) is 47.8 Å². The fourth-order valence-electron chi connectivity index (χ4n) is 3.83. The summed E-state index contributed by atoms with van der Waals surface area (Å²) in [6, 6.07) is 11.3. The summed E-state index contributed by atoms with van der Waals surface area (Å²) in [5.74, 6) is 7.77. The third-order valence-corrected chi connectivity index (χ3v) is 5.52. The summed E-state index contributed by atoms with van der Waals surface area (Å²) >= 11 is 0. The van der Waals surface area contributed by atoms with Crippen molar-refractivity contribution in [1.82, 2.24) is 14.5 Å². The number of fused-ring (bicyclic) bond motifs is 3. The van der Waals surface area contributed by atoms with Crippen LogP contribution in [0.1, 0.15) is 30.4 Å². The van der Waals surface area contributed by atoms with E-state index in [1.165, 1.54) is 6.42 Å². The van der Waals surface area contributed by atoms with E-state index < -0.39 is 0 Å². The van der Waals surface area contributed by atoms with E-state index in [1.807, 2.05) is 41.0 Å². The van der Waals surface area contributed by atoms with Gasteiger partial charge in [-0.2, -0.15) is 0 Å². The molecule has 1 saturated carbocycles. The Morgan fingerprint density at radius 2 is 2.16 bits per heavy atom. The molecule has 2 atom stereocenters. The quantitative estimate of drug-likeness (QED) is 0.597. The summed E-state index contributed by atoms with van der Waals surface area (Å²) < 4.78 is 1.88. The van der Waals surface area contributed by atoms with Crippen LogP contribution in [-0.2, 0) is 13.0 Å². The lowest BCUT2D eigenvalue weighted by Crippen LogP contribution is -2.32. The summed E-state index contributed by atoms with van der Waals surface area (Å²) in [5, 5.41) is 0.676. The Hall–Kier alpha value is -2.93. The Kier molecular flexibility index (Phi) is 2.90. The summed E-state index contributed by atoms with van der Waals surface area (Å²) in [7, 11) is 0. The monoisotopic (exact) mass is 327 g/mol. The van der Waals surface area contributed by atoms with Crippen molar-refractivity contribution in [2.45, 2.75) is 26.3 Å². The zero-order valence-electron chi connectivity index (χ0n) is 14.0. The molecule has 4 nitrogen and oxygen atoms in total. The maximum Gasteiger partial charge on any atom is 0.261 e. The minimum Gasteiger partial charge on any atom is -0.296 e. The van der Waals surface area contributed by atoms with Gasteiger partial charge in [0.15, 0.2) is 0 Å². The van der Waals surface area contributed by atoms with Crippen molar-refractivity contribution in [1.29, 1.82) is 0 Å². The first kappa shape index (κ1) is 14.4. The van der Waals surface area contributed by atoms with Crippen molar-refractivity contribution in [2.24, 2.45) is 11.3 Å². The SMILES string of the molecule is CC12CC1Cc1nc3cc(C#Cc4ccccn4)ccc3c(=O)n1C2. The van der Waals surface area contributed by atoms with E-state index in [0.29, 0.717) is 16.7 Å². The average molecular weight is 327 g/mol. The van der Waals surface area contributed by atoms with Gasteiger partial charge in [0.2, 0.25) is 0 Å². The minimum absolute atomic E-state index is 0.0795. The Bertz CT molecular complexity index is 1120. The van der Waals surface area contributed by atoms with E-state index in [-0.39, 0.29) is 5.56 Å². The Labute approximate surface area is 145 Å². The molecule has 0 spiro atoms. The van der Waals surface area contributed by atoms with Gasteiger partial charge >= 0.3 is 0 Å². The zero-order valence-corrected chi connectivity index (χ0v) is 14.0. The van der Waals surface area contributed by atoms with Crippen LogP contribution in [0.15, 0.2) is 47.4 Å². The molecule has 1 aliphatic carbocycles. The minimum atomic E-state index is 0.0795. The molecule has 2 aliphatic rings. The molecule has 122 valence electrons. The molecule has 5 rings (SSSR count). The van der Waals surface area contributed by atoms with Gasteiger partial charge in [-0.15, -0.1) is 0 Å². The van der Waals surface area contributed by atoms with Crippen LogP contribution >= 0.6 is 0 Å². The Morgan fingerprint density at radius 1 is 1.24 bits per heavy atom. The molecule has 0 saturated heterocycles. The van der Waals surface area contributed by atoms with E-state index in [9.17, 15) is 4.79 Å². The maximum absolute atomic E-state index is 12.8. The second-order valence-electron chi connectivity index (χ2n) is 7.38. The van der Waals surface area contributed by atoms with Crippen LogP contribution in [0.2, 0.25) is 0 Å². The first-order valence-corrected chi connectivity index (χ1v) is 8.59. The molecule has 4 heteroatoms. The van der Waals surface area contributed by atoms with Gasteiger partial charge in [0.05, 0.1) is 10.9 Å². The van der Waals surface area contributed by atoms with Crippen LogP contribution in [0.4, 0.5) is 0 Å². The van der Waals surface area contributed by atoms with Crippen molar-refractivity contribution in [3.05, 3.63) is 70.0 Å². The average Bonchev–Trinajstić information content (AvgIpc) is 3.29. The number of hydrogen-bond acceptors (Lipinski definition) is 3. The van der Waals surface area contributed by atoms with Crippen LogP contribution in [0.5, 0.6) is 0 Å². The second kappa shape index (κ2) is 5.03. The second-order valence-corrected chi connectivity index (χ2v) is 7.38. The van der Waals surface area contributed by atoms with E-state index in [4.69, 9.17) is 4.98 Å². The molecule has 3 heterocycles. The molecule has 0 amide bonds. The number of pyridine rings is 1. The number of benzene rings is 1. The molecule has 0 radical (unpaired) electrons. The predicted molar refractivity (Wildman–Crippen MR) is 96.1 cm³/mol. The molecule has 1 aromatic carbocycles. The first-order chi connectivity index (χ1) is 12.1. The van der Waals surface area contributed by atoms with Gasteiger partial charge in [-0.1, -0.05) is 18.9 Å². The van der Waals surface area contributed by atoms with Gasteiger partial charge in [-0.3, -0.25) is 9.36 Å². The molecule has 1 aliphatic heterocycles. The van der Waals surface area contributed by atoms with Crippen LogP contribution in [0, 0.1) is 23.2 Å². The van der Waals surface area contributed by atoms with Gasteiger partial charge in [0.1, 0.15) is 11.5 Å². The summed E-state index contributed by atoms with van der Waals surface area (Å²) in [4.78, 5) is 21.8. The first-order valence-electron chi connectivity index (χ1n) is 8.59. The van der Waals surface area contributed by atoms with E-state index in [0.717, 1.165) is 35.6 Å². The molecular formula is C21H17N3O. The highest BCUT2D eigenvalue weighted by atomic mass is 16.1. The standard InChI is InChI=1S/C21H17N3O/c1-21-12-15(21)11-19-23-18-10-14(5-7-16-4-2-3-9-22-16)6-8-17(18)20(25)24(19)13-21/h2-4,6,8-10,15H,11-13H2,1H3. The fraction of sp³-hybridized carbons (Fsp3) is 0.286. The third-order valence-electron chi connectivity index (χ3n) is 5.52. The van der Waals surface area contributed by atoms with Crippen molar-refractivity contribution in [2.75, 3.05) is 0 Å². The molecule has 25 heavy (non-hydrogen) atoms. The van der Waals surface area contributed by atoms with Crippen molar-refractivity contribution < 1.29 is 0 Å². The normalized spacial score (nSPS) is 23.3. The van der Waals surface area contributed by atoms with Gasteiger partial charge < -0.3 is 0 Å². The number of aromatic nitrogens is 3. The van der Waals surface area contributed by atoms with Crippen LogP contribution in [0.25, 0.3) is 10.9 Å². The lowest BCUT2D eigenvalue weighted by atomic mass is 10.0. The van der Waals surface area contributed by atoms with Crippen LogP contribution in [-0.4, -0.2) is 14.5 Å². The van der Waals surface area contributed by atoms with Crippen molar-refractivity contribution >= 4 is 10.9 Å². The smallest absolute Gasteiger partial charge is 0.261 e. The van der Waals surface area contributed by atoms with Crippen molar-refractivity contribution in [3.8, 4) is 11.8 Å². The highest BCUT2D eigenvalue weighted by Crippen LogP contribution is 2.56. The molecule has 0 bridgehead atoms. The van der Waals surface area contributed by atoms with Crippen LogP contribution in [0.3, 0.4) is 0 Å². The summed E-state index contributed by atoms with van der Waals surface area (Å²) in [6.07, 6.45) is 3.84. The van der Waals surface area contributed by atoms with Gasteiger partial charge in [-0.25, -0.2) is 9.97 Å². The fourth-order valence-corrected chi connectivity index (χ4v) is 3.83. The molecule has 1 fully saturated rings. The lowest BCUT2D eigenvalue weighted by molar-refractivity contribution is 0.359. The Morgan fingerprint density at radius 3 is 3.00 bits per heavy atom. The molecule has 3 aromatic rings. The molecular weight excluding hydrogens is 310 g/mol. The zero-order chi connectivity index (χ0) is 17.0. The highest BCUT2D eigenvalue weighted by Gasteiger charge is 2.53. The van der Waals surface area contributed by atoms with Crippen molar-refractivity contribution in [3.63, 3.8) is 0 Å². The Balaban J connectivity index is 1.59.